The van der Waals surface area contributed by atoms with Gasteiger partial charge in [-0.25, -0.2) is 0 Å². The molecule has 0 bridgehead atoms. The first kappa shape index (κ1) is 11.5. The monoisotopic (exact) mass is 214 g/mol. The number of carbonyl (C=O) groups excluding carboxylic acids is 2. The molecule has 1 aliphatic rings. The number of rotatable bonds is 3. The minimum absolute atomic E-state index is 0.0141. The number of carboxylic acid groups (broad SMARTS) is 1. The van der Waals surface area contributed by atoms with E-state index in [2.05, 4.69) is 10.6 Å². The van der Waals surface area contributed by atoms with Crippen LogP contribution in [0.15, 0.2) is 0 Å². The maximum atomic E-state index is 11.5. The van der Waals surface area contributed by atoms with E-state index in [1.807, 2.05) is 13.8 Å². The smallest absolute Gasteiger partial charge is 0.305 e. The van der Waals surface area contributed by atoms with Crippen LogP contribution in [0.3, 0.4) is 0 Å². The van der Waals surface area contributed by atoms with Crippen LogP contribution in [0.2, 0.25) is 0 Å². The molecule has 0 aromatic carbocycles. The second-order valence-corrected chi connectivity index (χ2v) is 3.89. The minimum Gasteiger partial charge on any atom is -0.481 e. The molecular weight excluding hydrogens is 200 g/mol. The summed E-state index contributed by atoms with van der Waals surface area (Å²) in [6, 6.07) is -1.52. The standard InChI is InChI=1S/C9H14N2O4/c1-4(2)7-9(15)10-5(3-6(12)13)8(14)11-7/h4-5,7H,3H2,1-2H3,(H,10,15)(H,11,14)(H,12,13)/t5-,7-/m1/s1. The topological polar surface area (TPSA) is 95.5 Å². The summed E-state index contributed by atoms with van der Waals surface area (Å²) in [5.74, 6) is -1.88. The fourth-order valence-electron chi connectivity index (χ4n) is 1.43. The fourth-order valence-corrected chi connectivity index (χ4v) is 1.43. The Morgan fingerprint density at radius 1 is 1.33 bits per heavy atom. The average molecular weight is 214 g/mol. The van der Waals surface area contributed by atoms with Crippen LogP contribution in [0, 0.1) is 5.92 Å². The van der Waals surface area contributed by atoms with Gasteiger partial charge in [-0.15, -0.1) is 0 Å². The van der Waals surface area contributed by atoms with Crippen molar-refractivity contribution in [3.05, 3.63) is 0 Å². The number of hydrogen-bond donors (Lipinski definition) is 3. The second kappa shape index (κ2) is 4.29. The Hall–Kier alpha value is -1.59. The molecule has 84 valence electrons. The van der Waals surface area contributed by atoms with E-state index in [0.717, 1.165) is 0 Å². The van der Waals surface area contributed by atoms with Gasteiger partial charge in [0.15, 0.2) is 0 Å². The third kappa shape index (κ3) is 2.68. The van der Waals surface area contributed by atoms with E-state index in [1.165, 1.54) is 0 Å². The van der Waals surface area contributed by atoms with Crippen LogP contribution < -0.4 is 10.6 Å². The van der Waals surface area contributed by atoms with Crippen molar-refractivity contribution < 1.29 is 19.5 Å². The molecule has 1 fully saturated rings. The Kier molecular flexibility index (Phi) is 3.28. The van der Waals surface area contributed by atoms with Gasteiger partial charge in [-0.2, -0.15) is 0 Å². The maximum absolute atomic E-state index is 11.5. The molecule has 1 aliphatic heterocycles. The first-order chi connectivity index (χ1) is 6.91. The van der Waals surface area contributed by atoms with Crippen molar-refractivity contribution in [3.63, 3.8) is 0 Å². The van der Waals surface area contributed by atoms with Crippen LogP contribution in [-0.2, 0) is 14.4 Å². The lowest BCUT2D eigenvalue weighted by molar-refractivity contribution is -0.143. The first-order valence-electron chi connectivity index (χ1n) is 4.74. The minimum atomic E-state index is -1.11. The van der Waals surface area contributed by atoms with Gasteiger partial charge < -0.3 is 15.7 Å². The van der Waals surface area contributed by atoms with Gasteiger partial charge in [0.05, 0.1) is 6.42 Å². The zero-order chi connectivity index (χ0) is 11.6. The van der Waals surface area contributed by atoms with Crippen LogP contribution in [0.5, 0.6) is 0 Å². The van der Waals surface area contributed by atoms with E-state index in [0.29, 0.717) is 0 Å². The average Bonchev–Trinajstić information content (AvgIpc) is 2.09. The highest BCUT2D eigenvalue weighted by Gasteiger charge is 2.35. The van der Waals surface area contributed by atoms with Crippen molar-refractivity contribution in [2.75, 3.05) is 0 Å². The highest BCUT2D eigenvalue weighted by atomic mass is 16.4. The highest BCUT2D eigenvalue weighted by Crippen LogP contribution is 2.08. The summed E-state index contributed by atoms with van der Waals surface area (Å²) in [6.07, 6.45) is -0.387. The largest absolute Gasteiger partial charge is 0.481 e. The molecule has 0 radical (unpaired) electrons. The second-order valence-electron chi connectivity index (χ2n) is 3.89. The normalized spacial score (nSPS) is 26.1. The van der Waals surface area contributed by atoms with Crippen molar-refractivity contribution in [3.8, 4) is 0 Å². The Labute approximate surface area is 87.0 Å². The van der Waals surface area contributed by atoms with Gasteiger partial charge >= 0.3 is 5.97 Å². The molecule has 3 N–H and O–H groups in total. The van der Waals surface area contributed by atoms with Gasteiger partial charge in [-0.05, 0) is 5.92 Å². The van der Waals surface area contributed by atoms with Gasteiger partial charge in [0, 0.05) is 0 Å². The zero-order valence-corrected chi connectivity index (χ0v) is 8.61. The number of carboxylic acids is 1. The van der Waals surface area contributed by atoms with Crippen LogP contribution in [0.25, 0.3) is 0 Å². The number of amides is 2. The van der Waals surface area contributed by atoms with Crippen LogP contribution in [0.4, 0.5) is 0 Å². The molecule has 0 unspecified atom stereocenters. The van der Waals surface area contributed by atoms with Gasteiger partial charge in [-0.3, -0.25) is 14.4 Å². The van der Waals surface area contributed by atoms with Crippen molar-refractivity contribution in [2.24, 2.45) is 5.92 Å². The summed E-state index contributed by atoms with van der Waals surface area (Å²) >= 11 is 0. The van der Waals surface area contributed by atoms with Gasteiger partial charge in [0.1, 0.15) is 12.1 Å². The molecule has 15 heavy (non-hydrogen) atoms. The van der Waals surface area contributed by atoms with Crippen molar-refractivity contribution in [1.82, 2.24) is 10.6 Å². The van der Waals surface area contributed by atoms with E-state index in [1.54, 1.807) is 0 Å². The predicted molar refractivity (Wildman–Crippen MR) is 51.0 cm³/mol. The first-order valence-corrected chi connectivity index (χ1v) is 4.74. The summed E-state index contributed by atoms with van der Waals surface area (Å²) in [5, 5.41) is 13.4. The summed E-state index contributed by atoms with van der Waals surface area (Å²) in [6.45, 7) is 3.62. The van der Waals surface area contributed by atoms with E-state index in [-0.39, 0.29) is 18.2 Å². The number of hydrogen-bond acceptors (Lipinski definition) is 3. The van der Waals surface area contributed by atoms with Crippen molar-refractivity contribution >= 4 is 17.8 Å². The van der Waals surface area contributed by atoms with E-state index in [4.69, 9.17) is 5.11 Å². The SMILES string of the molecule is CC(C)[C@H]1NC(=O)[C@@H](CC(=O)O)NC1=O. The van der Waals surface area contributed by atoms with Crippen molar-refractivity contribution in [2.45, 2.75) is 32.4 Å². The highest BCUT2D eigenvalue weighted by molar-refractivity contribution is 5.98. The number of aliphatic carboxylic acids is 1. The fraction of sp³-hybridized carbons (Fsp3) is 0.667. The summed E-state index contributed by atoms with van der Waals surface area (Å²) < 4.78 is 0. The third-order valence-electron chi connectivity index (χ3n) is 2.26. The molecule has 6 heteroatoms. The third-order valence-corrected chi connectivity index (χ3v) is 2.26. The Bertz CT molecular complexity index is 300. The number of nitrogens with one attached hydrogen (secondary N) is 2. The summed E-state index contributed by atoms with van der Waals surface area (Å²) in [5.41, 5.74) is 0. The van der Waals surface area contributed by atoms with Crippen LogP contribution >= 0.6 is 0 Å². The van der Waals surface area contributed by atoms with E-state index >= 15 is 0 Å². The predicted octanol–water partition coefficient (Wildman–Crippen LogP) is -0.900. The molecule has 0 saturated carbocycles. The molecule has 0 aromatic heterocycles. The molecule has 0 aromatic rings. The Balaban J connectivity index is 2.67. The summed E-state index contributed by atoms with van der Waals surface area (Å²) in [7, 11) is 0. The van der Waals surface area contributed by atoms with Gasteiger partial charge in [-0.1, -0.05) is 13.8 Å². The van der Waals surface area contributed by atoms with E-state index in [9.17, 15) is 14.4 Å². The molecule has 2 atom stereocenters. The molecule has 0 aliphatic carbocycles. The lowest BCUT2D eigenvalue weighted by Crippen LogP contribution is -2.63. The molecular formula is C9H14N2O4. The Morgan fingerprint density at radius 2 is 1.93 bits per heavy atom. The molecule has 0 spiro atoms. The molecule has 2 amide bonds. The molecule has 1 saturated heterocycles. The van der Waals surface area contributed by atoms with E-state index < -0.39 is 24.0 Å². The van der Waals surface area contributed by atoms with Crippen molar-refractivity contribution in [1.29, 1.82) is 0 Å². The van der Waals surface area contributed by atoms with Gasteiger partial charge in [0.2, 0.25) is 11.8 Å². The molecule has 6 nitrogen and oxygen atoms in total. The maximum Gasteiger partial charge on any atom is 0.305 e. The zero-order valence-electron chi connectivity index (χ0n) is 8.61. The number of carbonyl (C=O) groups is 3. The van der Waals surface area contributed by atoms with Crippen LogP contribution in [0.1, 0.15) is 20.3 Å². The lowest BCUT2D eigenvalue weighted by atomic mass is 9.99. The Morgan fingerprint density at radius 3 is 2.40 bits per heavy atom. The quantitative estimate of drug-likeness (QED) is 0.567. The summed E-state index contributed by atoms with van der Waals surface area (Å²) in [4.78, 5) is 33.3. The van der Waals surface area contributed by atoms with Gasteiger partial charge in [0.25, 0.3) is 0 Å². The number of piperazine rings is 1. The molecule has 1 heterocycles. The van der Waals surface area contributed by atoms with Crippen LogP contribution in [-0.4, -0.2) is 35.0 Å². The molecule has 1 rings (SSSR count). The lowest BCUT2D eigenvalue weighted by Gasteiger charge is -2.30.